The van der Waals surface area contributed by atoms with Gasteiger partial charge in [-0.3, -0.25) is 9.59 Å². The Bertz CT molecular complexity index is 567. The van der Waals surface area contributed by atoms with Crippen molar-refractivity contribution in [1.29, 1.82) is 0 Å². The van der Waals surface area contributed by atoms with Crippen molar-refractivity contribution in [1.82, 2.24) is 10.1 Å². The molecule has 7 nitrogen and oxygen atoms in total. The zero-order chi connectivity index (χ0) is 18.8. The number of amides is 2. The molecule has 1 aromatic heterocycles. The van der Waals surface area contributed by atoms with Crippen LogP contribution in [0.25, 0.3) is 0 Å². The van der Waals surface area contributed by atoms with Gasteiger partial charge in [-0.25, -0.2) is 0 Å². The number of unbranched alkanes of at least 4 members (excludes halogenated alkanes) is 2. The van der Waals surface area contributed by atoms with E-state index in [0.29, 0.717) is 24.5 Å². The second kappa shape index (κ2) is 11.0. The Kier molecular flexibility index (Phi) is 8.61. The molecule has 2 amide bonds. The summed E-state index contributed by atoms with van der Waals surface area (Å²) >= 11 is 0. The molecule has 0 radical (unpaired) electrons. The summed E-state index contributed by atoms with van der Waals surface area (Å²) in [6, 6.07) is 1.67. The number of nitrogens with one attached hydrogen (secondary N) is 2. The smallest absolute Gasteiger partial charge is 0.245 e. The van der Waals surface area contributed by atoms with Crippen molar-refractivity contribution in [3.63, 3.8) is 0 Å². The zero-order valence-corrected chi connectivity index (χ0v) is 16.2. The Balaban J connectivity index is 1.87. The summed E-state index contributed by atoms with van der Waals surface area (Å²) < 4.78 is 4.96. The first kappa shape index (κ1) is 20.4. The lowest BCUT2D eigenvalue weighted by molar-refractivity contribution is -0.904. The fraction of sp³-hybridized carbons (Fsp3) is 0.737. The molecule has 0 aromatic carbocycles. The highest BCUT2D eigenvalue weighted by Gasteiger charge is 2.21. The van der Waals surface area contributed by atoms with Crippen LogP contribution in [-0.2, 0) is 9.59 Å². The summed E-state index contributed by atoms with van der Waals surface area (Å²) in [5.41, 5.74) is 0. The molecule has 0 bridgehead atoms. The topological polar surface area (TPSA) is 79.9 Å². The molecule has 1 saturated heterocycles. The van der Waals surface area contributed by atoms with Crippen LogP contribution >= 0.6 is 0 Å². The van der Waals surface area contributed by atoms with Gasteiger partial charge in [0.15, 0.2) is 5.82 Å². The van der Waals surface area contributed by atoms with E-state index in [9.17, 15) is 9.59 Å². The minimum atomic E-state index is -0.226. The van der Waals surface area contributed by atoms with Crippen LogP contribution in [0.1, 0.15) is 57.6 Å². The second-order valence-corrected chi connectivity index (χ2v) is 7.20. The molecule has 0 atom stereocenters. The molecule has 0 spiro atoms. The SMILES string of the molecule is CCCCCC(=O)N(CC[NH+]1CCCCC1)CC(=O)Nc1cc(C)on1. The average molecular weight is 365 g/mol. The van der Waals surface area contributed by atoms with E-state index in [0.717, 1.165) is 25.8 Å². The fourth-order valence-electron chi connectivity index (χ4n) is 3.35. The number of hydrogen-bond donors (Lipinski definition) is 2. The monoisotopic (exact) mass is 365 g/mol. The van der Waals surface area contributed by atoms with E-state index in [1.54, 1.807) is 17.9 Å². The highest BCUT2D eigenvalue weighted by molar-refractivity contribution is 5.93. The molecule has 7 heteroatoms. The van der Waals surface area contributed by atoms with Gasteiger partial charge in [-0.15, -0.1) is 0 Å². The molecule has 0 saturated carbocycles. The van der Waals surface area contributed by atoms with Gasteiger partial charge in [-0.05, 0) is 32.6 Å². The number of rotatable bonds is 10. The second-order valence-electron chi connectivity index (χ2n) is 7.20. The fourth-order valence-corrected chi connectivity index (χ4v) is 3.35. The number of nitrogens with zero attached hydrogens (tertiary/aromatic N) is 2. The highest BCUT2D eigenvalue weighted by atomic mass is 16.5. The van der Waals surface area contributed by atoms with E-state index in [-0.39, 0.29) is 18.4 Å². The molecule has 0 unspecified atom stereocenters. The third-order valence-corrected chi connectivity index (χ3v) is 4.87. The van der Waals surface area contributed by atoms with E-state index in [4.69, 9.17) is 4.52 Å². The molecule has 1 aliphatic heterocycles. The number of carbonyl (C=O) groups is 2. The molecule has 2 heterocycles. The van der Waals surface area contributed by atoms with Gasteiger partial charge in [0.25, 0.3) is 0 Å². The van der Waals surface area contributed by atoms with Gasteiger partial charge in [0.05, 0.1) is 26.2 Å². The number of hydrogen-bond acceptors (Lipinski definition) is 4. The Hall–Kier alpha value is -1.89. The van der Waals surface area contributed by atoms with Crippen molar-refractivity contribution in [2.45, 2.75) is 58.8 Å². The molecule has 1 aliphatic rings. The van der Waals surface area contributed by atoms with Gasteiger partial charge in [0.1, 0.15) is 12.3 Å². The molecule has 2 N–H and O–H groups in total. The Morgan fingerprint density at radius 1 is 1.27 bits per heavy atom. The minimum Gasteiger partial charge on any atom is -0.360 e. The quantitative estimate of drug-likeness (QED) is 0.614. The molecule has 1 aromatic rings. The summed E-state index contributed by atoms with van der Waals surface area (Å²) in [4.78, 5) is 28.2. The maximum Gasteiger partial charge on any atom is 0.245 e. The van der Waals surface area contributed by atoms with Crippen LogP contribution in [-0.4, -0.2) is 54.6 Å². The summed E-state index contributed by atoms with van der Waals surface area (Å²) in [7, 11) is 0. The summed E-state index contributed by atoms with van der Waals surface area (Å²) in [5, 5.41) is 6.48. The Morgan fingerprint density at radius 2 is 2.04 bits per heavy atom. The number of quaternary nitrogens is 1. The van der Waals surface area contributed by atoms with Crippen LogP contribution < -0.4 is 10.2 Å². The average Bonchev–Trinajstić information content (AvgIpc) is 3.04. The van der Waals surface area contributed by atoms with E-state index in [1.165, 1.54) is 37.3 Å². The van der Waals surface area contributed by atoms with Gasteiger partial charge in [-0.1, -0.05) is 24.9 Å². The maximum atomic E-state index is 12.6. The van der Waals surface area contributed by atoms with E-state index < -0.39 is 0 Å². The first-order chi connectivity index (χ1) is 12.6. The van der Waals surface area contributed by atoms with Crippen molar-refractivity contribution in [3.05, 3.63) is 11.8 Å². The normalized spacial score (nSPS) is 15.0. The number of piperidine rings is 1. The Labute approximate surface area is 156 Å². The van der Waals surface area contributed by atoms with Crippen molar-refractivity contribution in [2.24, 2.45) is 0 Å². The number of carbonyl (C=O) groups excluding carboxylic acids is 2. The predicted octanol–water partition coefficient (Wildman–Crippen LogP) is 1.40. The number of likely N-dealkylation sites (tertiary alicyclic amines) is 1. The molecule has 146 valence electrons. The molecule has 26 heavy (non-hydrogen) atoms. The van der Waals surface area contributed by atoms with Gasteiger partial charge in [0, 0.05) is 12.5 Å². The summed E-state index contributed by atoms with van der Waals surface area (Å²) in [6.45, 7) is 7.85. The standard InChI is InChI=1S/C19H32N4O3/c1-3-4-6-9-19(25)23(13-12-22-10-7-5-8-11-22)15-18(24)20-17-14-16(2)26-21-17/h14H,3-13,15H2,1-2H3,(H,20,21,24)/p+1. The third-order valence-electron chi connectivity index (χ3n) is 4.87. The van der Waals surface area contributed by atoms with Crippen LogP contribution in [0.2, 0.25) is 0 Å². The third kappa shape index (κ3) is 7.15. The predicted molar refractivity (Wildman–Crippen MR) is 100 cm³/mol. The van der Waals surface area contributed by atoms with Crippen molar-refractivity contribution in [2.75, 3.05) is 38.0 Å². The van der Waals surface area contributed by atoms with Crippen LogP contribution in [0.5, 0.6) is 0 Å². The molecule has 2 rings (SSSR count). The summed E-state index contributed by atoms with van der Waals surface area (Å²) in [5.74, 6) is 0.881. The lowest BCUT2D eigenvalue weighted by atomic mass is 10.1. The number of aromatic nitrogens is 1. The summed E-state index contributed by atoms with van der Waals surface area (Å²) in [6.07, 6.45) is 7.34. The molecule has 1 fully saturated rings. The van der Waals surface area contributed by atoms with Crippen molar-refractivity contribution >= 4 is 17.6 Å². The Morgan fingerprint density at radius 3 is 2.69 bits per heavy atom. The highest BCUT2D eigenvalue weighted by Crippen LogP contribution is 2.08. The van der Waals surface area contributed by atoms with Crippen LogP contribution in [0, 0.1) is 6.92 Å². The first-order valence-corrected chi connectivity index (χ1v) is 9.93. The van der Waals surface area contributed by atoms with Crippen molar-refractivity contribution < 1.29 is 19.0 Å². The number of anilines is 1. The first-order valence-electron chi connectivity index (χ1n) is 9.93. The van der Waals surface area contributed by atoms with Gasteiger partial charge < -0.3 is 19.6 Å². The van der Waals surface area contributed by atoms with E-state index in [2.05, 4.69) is 17.4 Å². The van der Waals surface area contributed by atoms with Crippen molar-refractivity contribution in [3.8, 4) is 0 Å². The molecular weight excluding hydrogens is 332 g/mol. The lowest BCUT2D eigenvalue weighted by Crippen LogP contribution is -3.13. The van der Waals surface area contributed by atoms with Crippen LogP contribution in [0.3, 0.4) is 0 Å². The van der Waals surface area contributed by atoms with E-state index in [1.807, 2.05) is 0 Å². The van der Waals surface area contributed by atoms with Gasteiger partial charge in [-0.2, -0.15) is 0 Å². The zero-order valence-electron chi connectivity index (χ0n) is 16.2. The van der Waals surface area contributed by atoms with E-state index >= 15 is 0 Å². The van der Waals surface area contributed by atoms with Crippen LogP contribution in [0.4, 0.5) is 5.82 Å². The molecule has 0 aliphatic carbocycles. The van der Waals surface area contributed by atoms with Gasteiger partial charge in [0.2, 0.25) is 11.8 Å². The maximum absolute atomic E-state index is 12.6. The number of aryl methyl sites for hydroxylation is 1. The van der Waals surface area contributed by atoms with Gasteiger partial charge >= 0.3 is 0 Å². The van der Waals surface area contributed by atoms with Crippen LogP contribution in [0.15, 0.2) is 10.6 Å². The minimum absolute atomic E-state index is 0.0707. The largest absolute Gasteiger partial charge is 0.360 e. The lowest BCUT2D eigenvalue weighted by Gasteiger charge is -2.27. The molecular formula is C19H33N4O3+.